The van der Waals surface area contributed by atoms with Crippen molar-refractivity contribution in [3.05, 3.63) is 0 Å². The first-order valence-electron chi connectivity index (χ1n) is 7.73. The second-order valence-electron chi connectivity index (χ2n) is 6.09. The van der Waals surface area contributed by atoms with Gasteiger partial charge in [-0.1, -0.05) is 33.6 Å². The van der Waals surface area contributed by atoms with Crippen molar-refractivity contribution in [2.24, 2.45) is 11.8 Å². The van der Waals surface area contributed by atoms with Crippen LogP contribution in [0.1, 0.15) is 59.3 Å². The third-order valence-electron chi connectivity index (χ3n) is 4.60. The molecule has 0 aromatic carbocycles. The number of rotatable bonds is 6. The number of carbonyl (C=O) groups excluding carboxylic acids is 1. The molecule has 3 N–H and O–H groups in total. The molecule has 0 spiro atoms. The topological polar surface area (TPSA) is 78.4 Å². The van der Waals surface area contributed by atoms with Crippen LogP contribution in [-0.4, -0.2) is 29.2 Å². The fraction of sp³-hybridized carbons (Fsp3) is 0.867. The molecule has 2 amide bonds. The lowest BCUT2D eigenvalue weighted by atomic mass is 9.77. The van der Waals surface area contributed by atoms with Crippen LogP contribution in [0.15, 0.2) is 0 Å². The highest BCUT2D eigenvalue weighted by atomic mass is 16.4. The van der Waals surface area contributed by atoms with Crippen molar-refractivity contribution in [3.63, 3.8) is 0 Å². The van der Waals surface area contributed by atoms with Crippen LogP contribution in [0.25, 0.3) is 0 Å². The van der Waals surface area contributed by atoms with Crippen LogP contribution in [-0.2, 0) is 4.79 Å². The van der Waals surface area contributed by atoms with Gasteiger partial charge in [0, 0.05) is 6.54 Å². The molecule has 0 bridgehead atoms. The van der Waals surface area contributed by atoms with Gasteiger partial charge in [0.2, 0.25) is 0 Å². The summed E-state index contributed by atoms with van der Waals surface area (Å²) in [5.41, 5.74) is -1.08. The Balaban J connectivity index is 2.54. The normalized spacial score (nSPS) is 26.3. The van der Waals surface area contributed by atoms with Crippen LogP contribution in [0.4, 0.5) is 4.79 Å². The number of carbonyl (C=O) groups is 2. The minimum Gasteiger partial charge on any atom is -0.480 e. The molecule has 116 valence electrons. The van der Waals surface area contributed by atoms with Crippen LogP contribution in [0.5, 0.6) is 0 Å². The summed E-state index contributed by atoms with van der Waals surface area (Å²) in [6, 6.07) is -0.353. The monoisotopic (exact) mass is 284 g/mol. The van der Waals surface area contributed by atoms with Crippen molar-refractivity contribution in [2.45, 2.75) is 64.8 Å². The zero-order valence-electron chi connectivity index (χ0n) is 12.9. The minimum absolute atomic E-state index is 0.353. The smallest absolute Gasteiger partial charge is 0.329 e. The molecular weight excluding hydrogens is 256 g/mol. The van der Waals surface area contributed by atoms with Gasteiger partial charge in [-0.05, 0) is 37.5 Å². The summed E-state index contributed by atoms with van der Waals surface area (Å²) in [7, 11) is 0. The first kappa shape index (κ1) is 16.8. The lowest BCUT2D eigenvalue weighted by molar-refractivity contribution is -0.146. The van der Waals surface area contributed by atoms with Crippen LogP contribution in [0, 0.1) is 11.8 Å². The van der Waals surface area contributed by atoms with Crippen molar-refractivity contribution in [1.82, 2.24) is 10.6 Å². The zero-order chi connectivity index (χ0) is 15.2. The Morgan fingerprint density at radius 1 is 1.25 bits per heavy atom. The number of hydrogen-bond donors (Lipinski definition) is 3. The molecule has 1 aliphatic carbocycles. The van der Waals surface area contributed by atoms with Gasteiger partial charge in [-0.25, -0.2) is 9.59 Å². The molecule has 1 fully saturated rings. The van der Waals surface area contributed by atoms with Gasteiger partial charge in [-0.2, -0.15) is 0 Å². The largest absolute Gasteiger partial charge is 0.480 e. The van der Waals surface area contributed by atoms with Gasteiger partial charge >= 0.3 is 12.0 Å². The molecule has 0 aliphatic heterocycles. The highest BCUT2D eigenvalue weighted by Crippen LogP contribution is 2.32. The van der Waals surface area contributed by atoms with E-state index in [1.807, 2.05) is 0 Å². The Morgan fingerprint density at radius 2 is 1.80 bits per heavy atom. The number of hydrogen-bond acceptors (Lipinski definition) is 2. The zero-order valence-corrected chi connectivity index (χ0v) is 12.9. The van der Waals surface area contributed by atoms with E-state index in [2.05, 4.69) is 31.4 Å². The minimum atomic E-state index is -1.08. The lowest BCUT2D eigenvalue weighted by Crippen LogP contribution is -2.58. The molecule has 0 aromatic heterocycles. The average molecular weight is 284 g/mol. The van der Waals surface area contributed by atoms with Gasteiger partial charge in [0.1, 0.15) is 5.54 Å². The van der Waals surface area contributed by atoms with Crippen LogP contribution in [0.2, 0.25) is 0 Å². The number of urea groups is 1. The molecular formula is C15H28N2O3. The van der Waals surface area contributed by atoms with E-state index < -0.39 is 11.5 Å². The maximum Gasteiger partial charge on any atom is 0.329 e. The van der Waals surface area contributed by atoms with E-state index in [-0.39, 0.29) is 6.03 Å². The van der Waals surface area contributed by atoms with E-state index in [1.54, 1.807) is 0 Å². The summed E-state index contributed by atoms with van der Waals surface area (Å²) in [4.78, 5) is 23.5. The summed E-state index contributed by atoms with van der Waals surface area (Å²) >= 11 is 0. The molecule has 1 rings (SSSR count). The van der Waals surface area contributed by atoms with Crippen LogP contribution in [0.3, 0.4) is 0 Å². The first-order valence-corrected chi connectivity index (χ1v) is 7.73. The maximum atomic E-state index is 12.0. The third kappa shape index (κ3) is 4.39. The molecule has 0 radical (unpaired) electrons. The van der Waals surface area contributed by atoms with E-state index >= 15 is 0 Å². The summed E-state index contributed by atoms with van der Waals surface area (Å²) in [5, 5.41) is 15.0. The predicted octanol–water partition coefficient (Wildman–Crippen LogP) is 2.76. The van der Waals surface area contributed by atoms with Crippen molar-refractivity contribution in [2.75, 3.05) is 6.54 Å². The molecule has 1 aliphatic rings. The van der Waals surface area contributed by atoms with Crippen molar-refractivity contribution >= 4 is 12.0 Å². The van der Waals surface area contributed by atoms with E-state index in [4.69, 9.17) is 0 Å². The Hall–Kier alpha value is -1.26. The van der Waals surface area contributed by atoms with Gasteiger partial charge < -0.3 is 15.7 Å². The molecule has 5 heteroatoms. The Morgan fingerprint density at radius 3 is 2.25 bits per heavy atom. The third-order valence-corrected chi connectivity index (χ3v) is 4.60. The molecule has 0 atom stereocenters. The maximum absolute atomic E-state index is 12.0. The molecule has 20 heavy (non-hydrogen) atoms. The Kier molecular flexibility index (Phi) is 6.30. The SMILES string of the molecule is CCC(CC)CNC(=O)NC1(C(=O)O)CCC(C)CC1. The molecule has 0 unspecified atom stereocenters. The summed E-state index contributed by atoms with van der Waals surface area (Å²) in [6.45, 7) is 6.91. The molecule has 0 aromatic rings. The van der Waals surface area contributed by atoms with Crippen molar-refractivity contribution in [3.8, 4) is 0 Å². The number of aliphatic carboxylic acids is 1. The van der Waals surface area contributed by atoms with Gasteiger partial charge in [-0.3, -0.25) is 0 Å². The van der Waals surface area contributed by atoms with Crippen molar-refractivity contribution < 1.29 is 14.7 Å². The van der Waals surface area contributed by atoms with E-state index in [0.29, 0.717) is 31.2 Å². The fourth-order valence-electron chi connectivity index (χ4n) is 2.72. The Labute approximate surface area is 121 Å². The summed E-state index contributed by atoms with van der Waals surface area (Å²) in [6.07, 6.45) is 4.75. The summed E-state index contributed by atoms with van der Waals surface area (Å²) < 4.78 is 0. The van der Waals surface area contributed by atoms with E-state index in [9.17, 15) is 14.7 Å². The fourth-order valence-corrected chi connectivity index (χ4v) is 2.72. The molecule has 1 saturated carbocycles. The van der Waals surface area contributed by atoms with E-state index in [1.165, 1.54) is 0 Å². The van der Waals surface area contributed by atoms with Crippen LogP contribution < -0.4 is 10.6 Å². The second kappa shape index (κ2) is 7.50. The predicted molar refractivity (Wildman–Crippen MR) is 78.6 cm³/mol. The lowest BCUT2D eigenvalue weighted by Gasteiger charge is -2.36. The standard InChI is InChI=1S/C15H28N2O3/c1-4-12(5-2)10-16-14(20)17-15(13(18)19)8-6-11(3)7-9-15/h11-12H,4-10H2,1-3H3,(H,18,19)(H2,16,17,20). The van der Waals surface area contributed by atoms with E-state index in [0.717, 1.165) is 25.7 Å². The van der Waals surface area contributed by atoms with Gasteiger partial charge in [0.25, 0.3) is 0 Å². The molecule has 5 nitrogen and oxygen atoms in total. The van der Waals surface area contributed by atoms with Gasteiger partial charge in [-0.15, -0.1) is 0 Å². The molecule has 0 heterocycles. The number of carboxylic acids is 1. The highest BCUT2D eigenvalue weighted by molar-refractivity contribution is 5.86. The average Bonchev–Trinajstić information content (AvgIpc) is 2.42. The number of amides is 2. The summed E-state index contributed by atoms with van der Waals surface area (Å²) in [5.74, 6) is 0.0758. The molecule has 0 saturated heterocycles. The number of nitrogens with one attached hydrogen (secondary N) is 2. The van der Waals surface area contributed by atoms with Gasteiger partial charge in [0.15, 0.2) is 0 Å². The highest BCUT2D eigenvalue weighted by Gasteiger charge is 2.42. The first-order chi connectivity index (χ1) is 9.43. The second-order valence-corrected chi connectivity index (χ2v) is 6.09. The van der Waals surface area contributed by atoms with Gasteiger partial charge in [0.05, 0.1) is 0 Å². The Bertz CT molecular complexity index is 332. The quantitative estimate of drug-likeness (QED) is 0.701. The van der Waals surface area contributed by atoms with Crippen LogP contribution >= 0.6 is 0 Å². The van der Waals surface area contributed by atoms with Crippen molar-refractivity contribution in [1.29, 1.82) is 0 Å². The number of carboxylic acid groups (broad SMARTS) is 1.